The molecule has 0 unspecified atom stereocenters. The molecule has 0 aliphatic carbocycles. The van der Waals surface area contributed by atoms with Gasteiger partial charge in [0.25, 0.3) is 5.56 Å². The second-order valence-electron chi connectivity index (χ2n) is 7.64. The first-order valence-corrected chi connectivity index (χ1v) is 11.7. The molecule has 0 aliphatic rings. The van der Waals surface area contributed by atoms with Crippen molar-refractivity contribution in [1.29, 1.82) is 0 Å². The number of benzene rings is 2. The van der Waals surface area contributed by atoms with Gasteiger partial charge in [-0.25, -0.2) is 0 Å². The van der Waals surface area contributed by atoms with E-state index >= 15 is 0 Å². The number of nitrogens with one attached hydrogen (secondary N) is 3. The molecule has 184 valence electrons. The van der Waals surface area contributed by atoms with Crippen LogP contribution in [0.5, 0.6) is 11.5 Å². The summed E-state index contributed by atoms with van der Waals surface area (Å²) < 4.78 is 10.5. The molecule has 2 aromatic carbocycles. The number of amides is 2. The van der Waals surface area contributed by atoms with Gasteiger partial charge in [-0.05, 0) is 25.5 Å². The van der Waals surface area contributed by atoms with E-state index in [0.717, 1.165) is 17.3 Å². The van der Waals surface area contributed by atoms with Crippen LogP contribution >= 0.6 is 11.8 Å². The highest BCUT2D eigenvalue weighted by Crippen LogP contribution is 2.29. The molecule has 3 N–H and O–H groups in total. The quantitative estimate of drug-likeness (QED) is 0.382. The number of carbonyl (C=O) groups excluding carboxylic acids is 2. The predicted molar refractivity (Wildman–Crippen MR) is 135 cm³/mol. The van der Waals surface area contributed by atoms with E-state index in [1.54, 1.807) is 30.3 Å². The lowest BCUT2D eigenvalue weighted by molar-refractivity contribution is -0.116. The zero-order valence-electron chi connectivity index (χ0n) is 20.1. The minimum atomic E-state index is -0.545. The van der Waals surface area contributed by atoms with Crippen molar-refractivity contribution in [1.82, 2.24) is 15.2 Å². The molecule has 1 atom stereocenters. The number of aromatic amines is 1. The topological polar surface area (TPSA) is 135 Å². The second-order valence-corrected chi connectivity index (χ2v) is 8.83. The largest absolute Gasteiger partial charge is 0.497 e. The van der Waals surface area contributed by atoms with E-state index < -0.39 is 10.8 Å². The van der Waals surface area contributed by atoms with E-state index in [9.17, 15) is 14.4 Å². The molecular formula is C24H27N5O5S. The molecule has 0 bridgehead atoms. The summed E-state index contributed by atoms with van der Waals surface area (Å²) in [5, 5.41) is 13.4. The first-order chi connectivity index (χ1) is 16.7. The van der Waals surface area contributed by atoms with Gasteiger partial charge in [-0.15, -0.1) is 10.2 Å². The van der Waals surface area contributed by atoms with Crippen molar-refractivity contribution in [3.63, 3.8) is 0 Å². The fraction of sp³-hybridized carbons (Fsp3) is 0.292. The first-order valence-electron chi connectivity index (χ1n) is 10.8. The van der Waals surface area contributed by atoms with Gasteiger partial charge in [-0.1, -0.05) is 30.3 Å². The summed E-state index contributed by atoms with van der Waals surface area (Å²) >= 11 is 1.10. The van der Waals surface area contributed by atoms with Crippen LogP contribution in [0.3, 0.4) is 0 Å². The molecule has 1 heterocycles. The Balaban J connectivity index is 1.81. The Morgan fingerprint density at radius 2 is 1.74 bits per heavy atom. The van der Waals surface area contributed by atoms with E-state index in [1.807, 2.05) is 19.9 Å². The number of thioether (sulfide) groups is 1. The van der Waals surface area contributed by atoms with Crippen LogP contribution < -0.4 is 25.7 Å². The summed E-state index contributed by atoms with van der Waals surface area (Å²) in [6, 6.07) is 10.4. The maximum atomic E-state index is 12.9. The summed E-state index contributed by atoms with van der Waals surface area (Å²) in [5.41, 5.74) is 1.93. The fourth-order valence-electron chi connectivity index (χ4n) is 3.26. The Morgan fingerprint density at radius 1 is 1.06 bits per heavy atom. The molecule has 2 amide bonds. The number of nitrogens with zero attached hydrogens (tertiary/aromatic N) is 2. The third-order valence-corrected chi connectivity index (χ3v) is 6.19. The number of hydrogen-bond acceptors (Lipinski definition) is 8. The molecular weight excluding hydrogens is 470 g/mol. The number of ether oxygens (including phenoxy) is 2. The average molecular weight is 498 g/mol. The zero-order valence-corrected chi connectivity index (χ0v) is 20.9. The molecule has 11 heteroatoms. The Bertz CT molecular complexity index is 1270. The van der Waals surface area contributed by atoms with Crippen molar-refractivity contribution >= 4 is 35.0 Å². The van der Waals surface area contributed by atoms with E-state index in [2.05, 4.69) is 25.8 Å². The summed E-state index contributed by atoms with van der Waals surface area (Å²) in [5.74, 6) is 0.546. The minimum absolute atomic E-state index is 0.0720. The number of methoxy groups -OCH3 is 2. The fourth-order valence-corrected chi connectivity index (χ4v) is 4.11. The number of hydrogen-bond donors (Lipinski definition) is 3. The smallest absolute Gasteiger partial charge is 0.278 e. The minimum Gasteiger partial charge on any atom is -0.497 e. The zero-order chi connectivity index (χ0) is 25.5. The van der Waals surface area contributed by atoms with Crippen LogP contribution in [-0.2, 0) is 9.59 Å². The Kier molecular flexibility index (Phi) is 8.48. The summed E-state index contributed by atoms with van der Waals surface area (Å²) in [4.78, 5) is 40.0. The van der Waals surface area contributed by atoms with Crippen LogP contribution in [0.25, 0.3) is 11.3 Å². The van der Waals surface area contributed by atoms with Gasteiger partial charge in [-0.3, -0.25) is 19.4 Å². The van der Waals surface area contributed by atoms with Crippen LogP contribution in [-0.4, -0.2) is 46.5 Å². The van der Waals surface area contributed by atoms with E-state index in [1.165, 1.54) is 21.1 Å². The molecule has 0 radical (unpaired) electrons. The summed E-state index contributed by atoms with van der Waals surface area (Å²) in [6.07, 6.45) is 0.480. The lowest BCUT2D eigenvalue weighted by Crippen LogP contribution is -2.25. The van der Waals surface area contributed by atoms with Gasteiger partial charge >= 0.3 is 0 Å². The molecule has 1 aromatic heterocycles. The highest BCUT2D eigenvalue weighted by molar-refractivity contribution is 8.00. The second kappa shape index (κ2) is 11.5. The monoisotopic (exact) mass is 497 g/mol. The standard InChI is InChI=1S/C24H27N5O5S/c1-6-20(22(31)26-15-10-16(33-4)12-17(11-15)34-5)35-24-27-23(32)21(28-29-24)18-9-13(2)7-8-19(18)25-14(3)30/h7-12,20H,6H2,1-5H3,(H,25,30)(H,26,31)(H,27,29,32)/t20-/m0/s1. The normalized spacial score (nSPS) is 11.5. The van der Waals surface area contributed by atoms with Crippen LogP contribution in [0.15, 0.2) is 46.3 Å². The number of carbonyl (C=O) groups is 2. The maximum Gasteiger partial charge on any atom is 0.278 e. The van der Waals surface area contributed by atoms with Gasteiger partial charge in [0.15, 0.2) is 10.9 Å². The van der Waals surface area contributed by atoms with E-state index in [-0.39, 0.29) is 22.7 Å². The molecule has 3 rings (SSSR count). The van der Waals surface area contributed by atoms with Gasteiger partial charge in [0.05, 0.1) is 25.2 Å². The number of rotatable bonds is 9. The average Bonchev–Trinajstić information content (AvgIpc) is 2.83. The van der Waals surface area contributed by atoms with Crippen molar-refractivity contribution in [2.24, 2.45) is 0 Å². The summed E-state index contributed by atoms with van der Waals surface area (Å²) in [6.45, 7) is 5.11. The predicted octanol–water partition coefficient (Wildman–Crippen LogP) is 3.63. The Morgan fingerprint density at radius 3 is 2.31 bits per heavy atom. The van der Waals surface area contributed by atoms with Crippen molar-refractivity contribution in [2.45, 2.75) is 37.6 Å². The Labute approximate surface area is 206 Å². The third kappa shape index (κ3) is 6.60. The number of anilines is 2. The van der Waals surface area contributed by atoms with Gasteiger partial charge in [0, 0.05) is 36.4 Å². The SMILES string of the molecule is CC[C@H](Sc1nnc(-c2cc(C)ccc2NC(C)=O)c(=O)[nH]1)C(=O)Nc1cc(OC)cc(OC)c1. The number of H-pyrrole nitrogens is 1. The molecule has 0 saturated carbocycles. The lowest BCUT2D eigenvalue weighted by Gasteiger charge is -2.15. The van der Waals surface area contributed by atoms with Crippen LogP contribution in [0.1, 0.15) is 25.8 Å². The molecule has 3 aromatic rings. The van der Waals surface area contributed by atoms with Gasteiger partial charge < -0.3 is 20.1 Å². The number of aromatic nitrogens is 3. The lowest BCUT2D eigenvalue weighted by atomic mass is 10.1. The van der Waals surface area contributed by atoms with Crippen molar-refractivity contribution < 1.29 is 19.1 Å². The van der Waals surface area contributed by atoms with E-state index in [0.29, 0.717) is 34.9 Å². The third-order valence-electron chi connectivity index (χ3n) is 4.95. The molecule has 0 spiro atoms. The van der Waals surface area contributed by atoms with Gasteiger partial charge in [0.2, 0.25) is 11.8 Å². The first kappa shape index (κ1) is 25.8. The molecule has 10 nitrogen and oxygen atoms in total. The molecule has 0 aliphatic heterocycles. The maximum absolute atomic E-state index is 12.9. The van der Waals surface area contributed by atoms with E-state index in [4.69, 9.17) is 9.47 Å². The van der Waals surface area contributed by atoms with Crippen molar-refractivity contribution in [2.75, 3.05) is 24.9 Å². The molecule has 0 fully saturated rings. The van der Waals surface area contributed by atoms with Gasteiger partial charge in [0.1, 0.15) is 11.5 Å². The Hall–Kier alpha value is -3.86. The van der Waals surface area contributed by atoms with Gasteiger partial charge in [-0.2, -0.15) is 0 Å². The highest BCUT2D eigenvalue weighted by atomic mass is 32.2. The molecule has 0 saturated heterocycles. The van der Waals surface area contributed by atoms with Crippen LogP contribution in [0, 0.1) is 6.92 Å². The highest BCUT2D eigenvalue weighted by Gasteiger charge is 2.21. The van der Waals surface area contributed by atoms with Crippen LogP contribution in [0.4, 0.5) is 11.4 Å². The van der Waals surface area contributed by atoms with Crippen LogP contribution in [0.2, 0.25) is 0 Å². The summed E-state index contributed by atoms with van der Waals surface area (Å²) in [7, 11) is 3.05. The number of aryl methyl sites for hydroxylation is 1. The molecule has 35 heavy (non-hydrogen) atoms. The van der Waals surface area contributed by atoms with Crippen molar-refractivity contribution in [3.05, 3.63) is 52.3 Å². The van der Waals surface area contributed by atoms with Crippen molar-refractivity contribution in [3.8, 4) is 22.8 Å².